The minimum atomic E-state index is 0.536. The van der Waals surface area contributed by atoms with E-state index in [4.69, 9.17) is 28.9 Å². The SMILES string of the molecule is Cc1cc(Br)cn2c(N)c(-c3cc(Cl)ccc3Cl)nc12. The molecule has 2 N–H and O–H groups in total. The van der Waals surface area contributed by atoms with Crippen LogP contribution in [-0.2, 0) is 0 Å². The summed E-state index contributed by atoms with van der Waals surface area (Å²) in [4.78, 5) is 4.60. The lowest BCUT2D eigenvalue weighted by Crippen LogP contribution is -1.95. The number of hydrogen-bond donors (Lipinski definition) is 1. The summed E-state index contributed by atoms with van der Waals surface area (Å²) in [6.45, 7) is 1.98. The molecule has 0 aliphatic carbocycles. The van der Waals surface area contributed by atoms with Crippen molar-refractivity contribution < 1.29 is 0 Å². The van der Waals surface area contributed by atoms with E-state index in [1.54, 1.807) is 18.2 Å². The number of nitrogen functional groups attached to an aromatic ring is 1. The fraction of sp³-hybridized carbons (Fsp3) is 0.0714. The van der Waals surface area contributed by atoms with E-state index < -0.39 is 0 Å². The van der Waals surface area contributed by atoms with Crippen LogP contribution in [0.3, 0.4) is 0 Å². The third-order valence-electron chi connectivity index (χ3n) is 3.09. The summed E-state index contributed by atoms with van der Waals surface area (Å²) in [7, 11) is 0. The molecule has 0 fully saturated rings. The number of anilines is 1. The highest BCUT2D eigenvalue weighted by Crippen LogP contribution is 2.35. The maximum atomic E-state index is 6.23. The number of nitrogens with zero attached hydrogens (tertiary/aromatic N) is 2. The number of benzene rings is 1. The van der Waals surface area contributed by atoms with Gasteiger partial charge in [0.25, 0.3) is 0 Å². The lowest BCUT2D eigenvalue weighted by atomic mass is 10.1. The molecule has 2 heterocycles. The van der Waals surface area contributed by atoms with E-state index in [2.05, 4.69) is 20.9 Å². The van der Waals surface area contributed by atoms with Gasteiger partial charge in [0.05, 0.1) is 5.02 Å². The summed E-state index contributed by atoms with van der Waals surface area (Å²) in [5, 5.41) is 1.17. The fourth-order valence-corrected chi connectivity index (χ4v) is 3.09. The number of nitrogens with two attached hydrogens (primary N) is 1. The molecule has 20 heavy (non-hydrogen) atoms. The Morgan fingerprint density at radius 2 is 2.00 bits per heavy atom. The topological polar surface area (TPSA) is 43.3 Å². The smallest absolute Gasteiger partial charge is 0.142 e. The number of halogens is 3. The van der Waals surface area contributed by atoms with Gasteiger partial charge in [0.15, 0.2) is 0 Å². The highest BCUT2D eigenvalue weighted by atomic mass is 79.9. The number of rotatable bonds is 1. The van der Waals surface area contributed by atoms with Crippen molar-refractivity contribution in [3.8, 4) is 11.3 Å². The molecule has 6 heteroatoms. The molecular formula is C14H10BrCl2N3. The van der Waals surface area contributed by atoms with Gasteiger partial charge in [-0.25, -0.2) is 4.98 Å². The van der Waals surface area contributed by atoms with Crippen LogP contribution in [0.2, 0.25) is 10.0 Å². The predicted molar refractivity (Wildman–Crippen MR) is 87.5 cm³/mol. The van der Waals surface area contributed by atoms with Gasteiger partial charge < -0.3 is 5.73 Å². The van der Waals surface area contributed by atoms with E-state index in [0.717, 1.165) is 21.2 Å². The Morgan fingerprint density at radius 1 is 1.25 bits per heavy atom. The number of imidazole rings is 1. The molecule has 0 radical (unpaired) electrons. The van der Waals surface area contributed by atoms with Gasteiger partial charge in [0, 0.05) is 21.3 Å². The molecule has 0 amide bonds. The van der Waals surface area contributed by atoms with E-state index in [0.29, 0.717) is 21.6 Å². The van der Waals surface area contributed by atoms with Crippen LogP contribution in [0, 0.1) is 6.92 Å². The lowest BCUT2D eigenvalue weighted by Gasteiger charge is -2.03. The first kappa shape index (κ1) is 13.7. The maximum Gasteiger partial charge on any atom is 0.142 e. The second-order valence-corrected chi connectivity index (χ2v) is 6.26. The van der Waals surface area contributed by atoms with Crippen molar-refractivity contribution in [2.75, 3.05) is 5.73 Å². The summed E-state index contributed by atoms with van der Waals surface area (Å²) in [6.07, 6.45) is 1.88. The molecular weight excluding hydrogens is 361 g/mol. The quantitative estimate of drug-likeness (QED) is 0.657. The number of fused-ring (bicyclic) bond motifs is 1. The Labute approximate surface area is 134 Å². The first-order valence-electron chi connectivity index (χ1n) is 5.86. The summed E-state index contributed by atoms with van der Waals surface area (Å²) in [5.41, 5.74) is 9.40. The van der Waals surface area contributed by atoms with Crippen LogP contribution in [0.25, 0.3) is 16.9 Å². The van der Waals surface area contributed by atoms with Crippen molar-refractivity contribution in [3.05, 3.63) is 50.5 Å². The molecule has 0 aliphatic heterocycles. The molecule has 0 aliphatic rings. The second-order valence-electron chi connectivity index (χ2n) is 4.50. The van der Waals surface area contributed by atoms with Gasteiger partial charge in [0.1, 0.15) is 17.2 Å². The van der Waals surface area contributed by atoms with Crippen LogP contribution in [0.15, 0.2) is 34.9 Å². The number of aryl methyl sites for hydroxylation is 1. The summed E-state index contributed by atoms with van der Waals surface area (Å²) in [5.74, 6) is 0.536. The normalized spacial score (nSPS) is 11.2. The number of aromatic nitrogens is 2. The highest BCUT2D eigenvalue weighted by Gasteiger charge is 2.16. The van der Waals surface area contributed by atoms with Gasteiger partial charge in [-0.3, -0.25) is 4.40 Å². The first-order chi connectivity index (χ1) is 9.47. The number of pyridine rings is 1. The zero-order valence-electron chi connectivity index (χ0n) is 10.5. The second kappa shape index (κ2) is 4.95. The Balaban J connectivity index is 2.35. The van der Waals surface area contributed by atoms with E-state index in [-0.39, 0.29) is 0 Å². The molecule has 0 atom stereocenters. The molecule has 102 valence electrons. The van der Waals surface area contributed by atoms with Crippen LogP contribution >= 0.6 is 39.1 Å². The van der Waals surface area contributed by atoms with Crippen molar-refractivity contribution in [2.45, 2.75) is 6.92 Å². The predicted octanol–water partition coefficient (Wildman–Crippen LogP) is 4.96. The lowest BCUT2D eigenvalue weighted by molar-refractivity contribution is 1.16. The van der Waals surface area contributed by atoms with Crippen molar-refractivity contribution in [3.63, 3.8) is 0 Å². The minimum Gasteiger partial charge on any atom is -0.383 e. The number of hydrogen-bond acceptors (Lipinski definition) is 2. The van der Waals surface area contributed by atoms with Crippen LogP contribution in [0.4, 0.5) is 5.82 Å². The standard InChI is InChI=1S/C14H10BrCl2N3/c1-7-4-8(15)6-20-13(18)12(19-14(7)20)10-5-9(16)2-3-11(10)17/h2-6H,18H2,1H3. The summed E-state index contributed by atoms with van der Waals surface area (Å²) in [6, 6.07) is 7.24. The van der Waals surface area contributed by atoms with E-state index in [1.165, 1.54) is 0 Å². The van der Waals surface area contributed by atoms with E-state index >= 15 is 0 Å². The molecule has 1 aromatic carbocycles. The molecule has 0 unspecified atom stereocenters. The average molecular weight is 371 g/mol. The fourth-order valence-electron chi connectivity index (χ4n) is 2.16. The molecule has 2 aromatic heterocycles. The summed E-state index contributed by atoms with van der Waals surface area (Å²) >= 11 is 15.7. The average Bonchev–Trinajstić information content (AvgIpc) is 2.71. The molecule has 3 aromatic rings. The zero-order chi connectivity index (χ0) is 14.4. The van der Waals surface area contributed by atoms with Gasteiger partial charge in [-0.2, -0.15) is 0 Å². The Bertz CT molecular complexity index is 827. The largest absolute Gasteiger partial charge is 0.383 e. The first-order valence-corrected chi connectivity index (χ1v) is 7.41. The van der Waals surface area contributed by atoms with Crippen molar-refractivity contribution in [1.29, 1.82) is 0 Å². The van der Waals surface area contributed by atoms with Crippen LogP contribution in [0.1, 0.15) is 5.56 Å². The van der Waals surface area contributed by atoms with Crippen LogP contribution < -0.4 is 5.73 Å². The van der Waals surface area contributed by atoms with Crippen molar-refractivity contribution in [1.82, 2.24) is 9.38 Å². The molecule has 0 spiro atoms. The van der Waals surface area contributed by atoms with Gasteiger partial charge >= 0.3 is 0 Å². The van der Waals surface area contributed by atoms with Crippen LogP contribution in [0.5, 0.6) is 0 Å². The third-order valence-corrected chi connectivity index (χ3v) is 4.09. The minimum absolute atomic E-state index is 0.536. The van der Waals surface area contributed by atoms with Gasteiger partial charge in [-0.1, -0.05) is 23.2 Å². The molecule has 0 saturated carbocycles. The Morgan fingerprint density at radius 3 is 2.75 bits per heavy atom. The highest BCUT2D eigenvalue weighted by molar-refractivity contribution is 9.10. The van der Waals surface area contributed by atoms with E-state index in [9.17, 15) is 0 Å². The zero-order valence-corrected chi connectivity index (χ0v) is 13.6. The van der Waals surface area contributed by atoms with E-state index in [1.807, 2.05) is 23.6 Å². The van der Waals surface area contributed by atoms with Crippen LogP contribution in [-0.4, -0.2) is 9.38 Å². The Hall–Kier alpha value is -1.23. The monoisotopic (exact) mass is 369 g/mol. The third kappa shape index (κ3) is 2.18. The van der Waals surface area contributed by atoms with Gasteiger partial charge in [-0.05, 0) is 52.7 Å². The molecule has 3 rings (SSSR count). The summed E-state index contributed by atoms with van der Waals surface area (Å²) < 4.78 is 2.78. The molecule has 0 bridgehead atoms. The Kier molecular flexibility index (Phi) is 3.40. The van der Waals surface area contributed by atoms with Gasteiger partial charge in [0.2, 0.25) is 0 Å². The van der Waals surface area contributed by atoms with Gasteiger partial charge in [-0.15, -0.1) is 0 Å². The maximum absolute atomic E-state index is 6.23. The van der Waals surface area contributed by atoms with Crippen molar-refractivity contribution >= 4 is 50.6 Å². The molecule has 3 nitrogen and oxygen atoms in total. The molecule has 0 saturated heterocycles. The van der Waals surface area contributed by atoms with Crippen molar-refractivity contribution in [2.24, 2.45) is 0 Å².